The Morgan fingerprint density at radius 1 is 1.43 bits per heavy atom. The summed E-state index contributed by atoms with van der Waals surface area (Å²) < 4.78 is 0. The lowest BCUT2D eigenvalue weighted by Crippen LogP contribution is -2.17. The van der Waals surface area contributed by atoms with Crippen LogP contribution in [-0.2, 0) is 4.79 Å². The fraction of sp³-hybridized carbons (Fsp3) is 0.750. The number of hydrogen-bond acceptors (Lipinski definition) is 1. The molecule has 0 aromatic carbocycles. The number of hydrogen-bond donors (Lipinski definition) is 1. The lowest BCUT2D eigenvalue weighted by atomic mass is 9.82. The van der Waals surface area contributed by atoms with Gasteiger partial charge in [-0.2, -0.15) is 0 Å². The van der Waals surface area contributed by atoms with Crippen LogP contribution in [0, 0.1) is 11.8 Å². The number of carbonyl (C=O) groups is 1. The summed E-state index contributed by atoms with van der Waals surface area (Å²) >= 11 is 0. The molecule has 0 amide bonds. The number of carboxylic acid groups (broad SMARTS) is 1. The molecule has 80 valence electrons. The second kappa shape index (κ2) is 5.84. The third kappa shape index (κ3) is 3.52. The second-order valence-electron chi connectivity index (χ2n) is 4.21. The first-order valence-corrected chi connectivity index (χ1v) is 5.59. The average Bonchev–Trinajstić information content (AvgIpc) is 2.18. The van der Waals surface area contributed by atoms with Crippen LogP contribution in [0.2, 0.25) is 0 Å². The van der Waals surface area contributed by atoms with Crippen LogP contribution in [-0.4, -0.2) is 11.1 Å². The van der Waals surface area contributed by atoms with E-state index in [1.807, 2.05) is 19.1 Å². The van der Waals surface area contributed by atoms with Crippen molar-refractivity contribution in [2.24, 2.45) is 11.8 Å². The summed E-state index contributed by atoms with van der Waals surface area (Å²) in [5.41, 5.74) is 0. The van der Waals surface area contributed by atoms with Gasteiger partial charge >= 0.3 is 5.97 Å². The topological polar surface area (TPSA) is 37.3 Å². The van der Waals surface area contributed by atoms with Gasteiger partial charge in [0.15, 0.2) is 0 Å². The maximum atomic E-state index is 10.9. The van der Waals surface area contributed by atoms with Gasteiger partial charge in [-0.05, 0) is 19.3 Å². The number of rotatable bonds is 4. The predicted octanol–water partition coefficient (Wildman–Crippen LogP) is 3.23. The average molecular weight is 196 g/mol. The highest BCUT2D eigenvalue weighted by Gasteiger charge is 2.21. The molecule has 0 heterocycles. The Balaban J connectivity index is 2.41. The molecule has 0 aromatic rings. The molecule has 0 saturated heterocycles. The van der Waals surface area contributed by atoms with Crippen LogP contribution in [0.4, 0.5) is 0 Å². The van der Waals surface area contributed by atoms with Crippen molar-refractivity contribution in [3.63, 3.8) is 0 Å². The maximum Gasteiger partial charge on any atom is 0.310 e. The van der Waals surface area contributed by atoms with Crippen LogP contribution in [0.5, 0.6) is 0 Å². The van der Waals surface area contributed by atoms with Crippen LogP contribution in [0.3, 0.4) is 0 Å². The highest BCUT2D eigenvalue weighted by atomic mass is 16.4. The number of carboxylic acids is 1. The number of aliphatic carboxylic acids is 1. The zero-order chi connectivity index (χ0) is 10.4. The Labute approximate surface area is 86.0 Å². The Morgan fingerprint density at radius 2 is 2.07 bits per heavy atom. The minimum Gasteiger partial charge on any atom is -0.481 e. The summed E-state index contributed by atoms with van der Waals surface area (Å²) in [6, 6.07) is 0. The quantitative estimate of drug-likeness (QED) is 0.701. The van der Waals surface area contributed by atoms with Gasteiger partial charge in [0.2, 0.25) is 0 Å². The van der Waals surface area contributed by atoms with Gasteiger partial charge in [-0.15, -0.1) is 0 Å². The van der Waals surface area contributed by atoms with Crippen molar-refractivity contribution < 1.29 is 9.90 Å². The van der Waals surface area contributed by atoms with E-state index in [4.69, 9.17) is 5.11 Å². The first-order chi connectivity index (χ1) is 6.74. The summed E-state index contributed by atoms with van der Waals surface area (Å²) in [5, 5.41) is 8.98. The molecule has 1 saturated carbocycles. The molecular formula is C12H20O2. The van der Waals surface area contributed by atoms with Crippen molar-refractivity contribution in [3.05, 3.63) is 12.2 Å². The van der Waals surface area contributed by atoms with Gasteiger partial charge in [-0.1, -0.05) is 44.3 Å². The lowest BCUT2D eigenvalue weighted by Gasteiger charge is -2.23. The number of allylic oxidation sites excluding steroid dienone is 1. The highest BCUT2D eigenvalue weighted by Crippen LogP contribution is 2.29. The molecule has 1 N–H and O–H groups in total. The summed E-state index contributed by atoms with van der Waals surface area (Å²) in [7, 11) is 0. The molecule has 1 aliphatic rings. The van der Waals surface area contributed by atoms with E-state index in [2.05, 4.69) is 0 Å². The fourth-order valence-electron chi connectivity index (χ4n) is 2.28. The van der Waals surface area contributed by atoms with Crippen molar-refractivity contribution in [1.29, 1.82) is 0 Å². The molecule has 0 aliphatic heterocycles. The van der Waals surface area contributed by atoms with Crippen LogP contribution in [0.25, 0.3) is 0 Å². The molecular weight excluding hydrogens is 176 g/mol. The predicted molar refractivity (Wildman–Crippen MR) is 57.1 cm³/mol. The molecule has 1 rings (SSSR count). The smallest absolute Gasteiger partial charge is 0.310 e. The third-order valence-electron chi connectivity index (χ3n) is 3.05. The van der Waals surface area contributed by atoms with Gasteiger partial charge < -0.3 is 5.11 Å². The molecule has 14 heavy (non-hydrogen) atoms. The second-order valence-corrected chi connectivity index (χ2v) is 4.21. The van der Waals surface area contributed by atoms with E-state index < -0.39 is 5.97 Å². The van der Waals surface area contributed by atoms with E-state index in [0.717, 1.165) is 6.42 Å². The van der Waals surface area contributed by atoms with Crippen LogP contribution >= 0.6 is 0 Å². The van der Waals surface area contributed by atoms with Crippen molar-refractivity contribution in [2.75, 3.05) is 0 Å². The molecule has 1 fully saturated rings. The molecule has 0 radical (unpaired) electrons. The summed E-state index contributed by atoms with van der Waals surface area (Å²) in [6.07, 6.45) is 10.8. The zero-order valence-electron chi connectivity index (χ0n) is 8.91. The van der Waals surface area contributed by atoms with Gasteiger partial charge in [0.1, 0.15) is 0 Å². The SMILES string of the molecule is C/C=C\C(CC1CCCCC1)C(=O)O. The molecule has 0 aromatic heterocycles. The van der Waals surface area contributed by atoms with E-state index in [-0.39, 0.29) is 5.92 Å². The molecule has 2 heteroatoms. The van der Waals surface area contributed by atoms with Crippen LogP contribution in [0.15, 0.2) is 12.2 Å². The van der Waals surface area contributed by atoms with Crippen LogP contribution < -0.4 is 0 Å². The first kappa shape index (κ1) is 11.3. The minimum atomic E-state index is -0.673. The van der Waals surface area contributed by atoms with Gasteiger partial charge in [-0.3, -0.25) is 4.79 Å². The molecule has 0 bridgehead atoms. The molecule has 1 atom stereocenters. The third-order valence-corrected chi connectivity index (χ3v) is 3.05. The molecule has 0 spiro atoms. The van der Waals surface area contributed by atoms with Gasteiger partial charge in [0.05, 0.1) is 5.92 Å². The van der Waals surface area contributed by atoms with Crippen LogP contribution in [0.1, 0.15) is 45.4 Å². The van der Waals surface area contributed by atoms with Crippen molar-refractivity contribution in [1.82, 2.24) is 0 Å². The van der Waals surface area contributed by atoms with Gasteiger partial charge in [0, 0.05) is 0 Å². The highest BCUT2D eigenvalue weighted by molar-refractivity contribution is 5.72. The van der Waals surface area contributed by atoms with Crippen molar-refractivity contribution in [2.45, 2.75) is 45.4 Å². The summed E-state index contributed by atoms with van der Waals surface area (Å²) in [6.45, 7) is 1.89. The zero-order valence-corrected chi connectivity index (χ0v) is 8.91. The summed E-state index contributed by atoms with van der Waals surface area (Å²) in [4.78, 5) is 10.9. The minimum absolute atomic E-state index is 0.261. The Bertz CT molecular complexity index is 202. The van der Waals surface area contributed by atoms with E-state index >= 15 is 0 Å². The maximum absolute atomic E-state index is 10.9. The van der Waals surface area contributed by atoms with E-state index in [0.29, 0.717) is 5.92 Å². The van der Waals surface area contributed by atoms with Crippen molar-refractivity contribution in [3.8, 4) is 0 Å². The summed E-state index contributed by atoms with van der Waals surface area (Å²) in [5.74, 6) is -0.294. The van der Waals surface area contributed by atoms with Gasteiger partial charge in [0.25, 0.3) is 0 Å². The Kier molecular flexibility index (Phi) is 4.71. The molecule has 1 unspecified atom stereocenters. The van der Waals surface area contributed by atoms with Gasteiger partial charge in [-0.25, -0.2) is 0 Å². The van der Waals surface area contributed by atoms with E-state index in [9.17, 15) is 4.79 Å². The first-order valence-electron chi connectivity index (χ1n) is 5.59. The Morgan fingerprint density at radius 3 is 2.57 bits per heavy atom. The van der Waals surface area contributed by atoms with E-state index in [1.165, 1.54) is 32.1 Å². The Hall–Kier alpha value is -0.790. The molecule has 2 nitrogen and oxygen atoms in total. The van der Waals surface area contributed by atoms with E-state index in [1.54, 1.807) is 0 Å². The standard InChI is InChI=1S/C12H20O2/c1-2-6-11(12(13)14)9-10-7-4-3-5-8-10/h2,6,10-11H,3-5,7-9H2,1H3,(H,13,14)/b6-2-. The molecule has 1 aliphatic carbocycles. The lowest BCUT2D eigenvalue weighted by molar-refractivity contribution is -0.140. The fourth-order valence-corrected chi connectivity index (χ4v) is 2.28. The normalized spacial score (nSPS) is 21.2. The van der Waals surface area contributed by atoms with Crippen molar-refractivity contribution >= 4 is 5.97 Å². The monoisotopic (exact) mass is 196 g/mol. The largest absolute Gasteiger partial charge is 0.481 e.